The summed E-state index contributed by atoms with van der Waals surface area (Å²) in [5.74, 6) is 0. The van der Waals surface area contributed by atoms with Crippen molar-refractivity contribution in [1.29, 1.82) is 0 Å². The molecule has 0 saturated heterocycles. The fourth-order valence-corrected chi connectivity index (χ4v) is 1.50. The molecule has 13 heavy (non-hydrogen) atoms. The Morgan fingerprint density at radius 1 is 1.15 bits per heavy atom. The molecule has 0 aromatic heterocycles. The van der Waals surface area contributed by atoms with Crippen LogP contribution in [0.5, 0.6) is 0 Å². The van der Waals surface area contributed by atoms with Gasteiger partial charge in [0.1, 0.15) is 0 Å². The Bertz CT molecular complexity index is 104. The molecule has 2 unspecified atom stereocenters. The zero-order valence-electron chi connectivity index (χ0n) is 9.25. The van der Waals surface area contributed by atoms with Gasteiger partial charge in [-0.2, -0.15) is 0 Å². The Kier molecular flexibility index (Phi) is 8.46. The van der Waals surface area contributed by atoms with Gasteiger partial charge in [0.2, 0.25) is 0 Å². The molecule has 1 N–H and O–H groups in total. The van der Waals surface area contributed by atoms with E-state index >= 15 is 0 Å². The van der Waals surface area contributed by atoms with Crippen LogP contribution in [0.2, 0.25) is 0 Å². The highest BCUT2D eigenvalue weighted by Crippen LogP contribution is 2.11. The Labute approximate surface area is 82.3 Å². The summed E-state index contributed by atoms with van der Waals surface area (Å²) in [4.78, 5) is 0. The number of aliphatic hydroxyl groups excluding tert-OH is 1. The van der Waals surface area contributed by atoms with Crippen molar-refractivity contribution in [3.63, 3.8) is 0 Å². The lowest BCUT2D eigenvalue weighted by Gasteiger charge is -2.21. The minimum absolute atomic E-state index is 0.0434. The number of rotatable bonds is 8. The van der Waals surface area contributed by atoms with E-state index in [1.54, 1.807) is 0 Å². The van der Waals surface area contributed by atoms with Crippen molar-refractivity contribution in [3.8, 4) is 0 Å². The molecule has 0 aliphatic carbocycles. The van der Waals surface area contributed by atoms with Crippen LogP contribution in [0.1, 0.15) is 52.9 Å². The molecular formula is C11H24O2. The number of hydrogen-bond donors (Lipinski definition) is 1. The van der Waals surface area contributed by atoms with E-state index in [1.165, 1.54) is 12.8 Å². The second-order valence-corrected chi connectivity index (χ2v) is 3.47. The van der Waals surface area contributed by atoms with E-state index in [0.717, 1.165) is 19.3 Å². The highest BCUT2D eigenvalue weighted by atomic mass is 16.5. The van der Waals surface area contributed by atoms with Gasteiger partial charge in [-0.25, -0.2) is 0 Å². The predicted molar refractivity (Wildman–Crippen MR) is 55.9 cm³/mol. The smallest absolute Gasteiger partial charge is 0.0831 e. The lowest BCUT2D eigenvalue weighted by molar-refractivity contribution is -0.0380. The van der Waals surface area contributed by atoms with Crippen molar-refractivity contribution in [1.82, 2.24) is 0 Å². The highest BCUT2D eigenvalue weighted by molar-refractivity contribution is 4.67. The summed E-state index contributed by atoms with van der Waals surface area (Å²) in [5.41, 5.74) is 0. The molecular weight excluding hydrogens is 164 g/mol. The van der Waals surface area contributed by atoms with E-state index < -0.39 is 0 Å². The zero-order chi connectivity index (χ0) is 10.1. The number of ether oxygens (including phenoxy) is 1. The summed E-state index contributed by atoms with van der Waals surface area (Å²) in [5, 5.41) is 9.74. The average molecular weight is 188 g/mol. The molecule has 0 saturated carbocycles. The van der Waals surface area contributed by atoms with Crippen molar-refractivity contribution in [3.05, 3.63) is 0 Å². The van der Waals surface area contributed by atoms with E-state index in [4.69, 9.17) is 4.74 Å². The van der Waals surface area contributed by atoms with Gasteiger partial charge >= 0.3 is 0 Å². The van der Waals surface area contributed by atoms with Gasteiger partial charge in [0, 0.05) is 6.61 Å². The summed E-state index contributed by atoms with van der Waals surface area (Å²) < 4.78 is 5.43. The first-order valence-electron chi connectivity index (χ1n) is 5.55. The molecule has 80 valence electrons. The monoisotopic (exact) mass is 188 g/mol. The van der Waals surface area contributed by atoms with Gasteiger partial charge in [-0.1, -0.05) is 33.1 Å². The van der Waals surface area contributed by atoms with Crippen LogP contribution in [0.4, 0.5) is 0 Å². The number of unbranched alkanes of at least 4 members (excludes halogenated alkanes) is 2. The summed E-state index contributed by atoms with van der Waals surface area (Å²) in [6, 6.07) is 0. The molecule has 0 rings (SSSR count). The fourth-order valence-electron chi connectivity index (χ4n) is 1.50. The van der Waals surface area contributed by atoms with Crippen molar-refractivity contribution in [2.24, 2.45) is 0 Å². The SMILES string of the molecule is CCCCCC(O)C(CC)OCC. The summed E-state index contributed by atoms with van der Waals surface area (Å²) in [6.45, 7) is 6.90. The Morgan fingerprint density at radius 3 is 2.31 bits per heavy atom. The fraction of sp³-hybridized carbons (Fsp3) is 1.00. The predicted octanol–water partition coefficient (Wildman–Crippen LogP) is 2.74. The summed E-state index contributed by atoms with van der Waals surface area (Å²) >= 11 is 0. The number of aliphatic hydroxyl groups is 1. The van der Waals surface area contributed by atoms with Crippen LogP contribution in [0, 0.1) is 0 Å². The van der Waals surface area contributed by atoms with Gasteiger partial charge in [-0.05, 0) is 19.8 Å². The Morgan fingerprint density at radius 2 is 1.85 bits per heavy atom. The van der Waals surface area contributed by atoms with Crippen LogP contribution >= 0.6 is 0 Å². The van der Waals surface area contributed by atoms with Gasteiger partial charge < -0.3 is 9.84 Å². The highest BCUT2D eigenvalue weighted by Gasteiger charge is 2.16. The Hall–Kier alpha value is -0.0800. The topological polar surface area (TPSA) is 29.5 Å². The molecule has 2 nitrogen and oxygen atoms in total. The van der Waals surface area contributed by atoms with Gasteiger partial charge in [0.25, 0.3) is 0 Å². The summed E-state index contributed by atoms with van der Waals surface area (Å²) in [6.07, 6.45) is 5.09. The minimum Gasteiger partial charge on any atom is -0.390 e. The second-order valence-electron chi connectivity index (χ2n) is 3.47. The van der Waals surface area contributed by atoms with Crippen LogP contribution in [0.15, 0.2) is 0 Å². The van der Waals surface area contributed by atoms with Gasteiger partial charge in [0.05, 0.1) is 12.2 Å². The second kappa shape index (κ2) is 8.52. The minimum atomic E-state index is -0.267. The van der Waals surface area contributed by atoms with E-state index in [2.05, 4.69) is 13.8 Å². The maximum Gasteiger partial charge on any atom is 0.0831 e. The summed E-state index contributed by atoms with van der Waals surface area (Å²) in [7, 11) is 0. The van der Waals surface area contributed by atoms with Crippen LogP contribution in [0.25, 0.3) is 0 Å². The van der Waals surface area contributed by atoms with E-state index in [1.807, 2.05) is 6.92 Å². The molecule has 0 spiro atoms. The average Bonchev–Trinajstić information content (AvgIpc) is 2.14. The molecule has 0 heterocycles. The lowest BCUT2D eigenvalue weighted by Crippen LogP contribution is -2.28. The zero-order valence-corrected chi connectivity index (χ0v) is 9.25. The molecule has 0 radical (unpaired) electrons. The molecule has 0 aliphatic rings. The lowest BCUT2D eigenvalue weighted by atomic mass is 10.0. The quantitative estimate of drug-likeness (QED) is 0.593. The molecule has 0 bridgehead atoms. The maximum absolute atomic E-state index is 9.74. The molecule has 0 aromatic rings. The first kappa shape index (κ1) is 12.9. The molecule has 0 fully saturated rings. The van der Waals surface area contributed by atoms with Crippen molar-refractivity contribution in [2.45, 2.75) is 65.1 Å². The molecule has 0 aliphatic heterocycles. The molecule has 0 amide bonds. The Balaban J connectivity index is 3.57. The third-order valence-electron chi connectivity index (χ3n) is 2.32. The van der Waals surface area contributed by atoms with Gasteiger partial charge in [-0.15, -0.1) is 0 Å². The standard InChI is InChI=1S/C11H24O2/c1-4-7-8-9-10(12)11(5-2)13-6-3/h10-12H,4-9H2,1-3H3. The molecule has 2 heteroatoms. The van der Waals surface area contributed by atoms with Crippen LogP contribution < -0.4 is 0 Å². The normalized spacial score (nSPS) is 15.7. The third kappa shape index (κ3) is 6.05. The van der Waals surface area contributed by atoms with Crippen LogP contribution in [-0.2, 0) is 4.74 Å². The van der Waals surface area contributed by atoms with E-state index in [9.17, 15) is 5.11 Å². The van der Waals surface area contributed by atoms with Crippen molar-refractivity contribution in [2.75, 3.05) is 6.61 Å². The first-order chi connectivity index (χ1) is 6.26. The first-order valence-corrected chi connectivity index (χ1v) is 5.55. The van der Waals surface area contributed by atoms with Crippen LogP contribution in [-0.4, -0.2) is 23.9 Å². The molecule has 0 aromatic carbocycles. The van der Waals surface area contributed by atoms with E-state index in [-0.39, 0.29) is 12.2 Å². The van der Waals surface area contributed by atoms with Gasteiger partial charge in [-0.3, -0.25) is 0 Å². The van der Waals surface area contributed by atoms with Crippen LogP contribution in [0.3, 0.4) is 0 Å². The molecule has 2 atom stereocenters. The van der Waals surface area contributed by atoms with Crippen molar-refractivity contribution < 1.29 is 9.84 Å². The third-order valence-corrected chi connectivity index (χ3v) is 2.32. The largest absolute Gasteiger partial charge is 0.390 e. The van der Waals surface area contributed by atoms with Gasteiger partial charge in [0.15, 0.2) is 0 Å². The number of hydrogen-bond acceptors (Lipinski definition) is 2. The van der Waals surface area contributed by atoms with E-state index in [0.29, 0.717) is 6.61 Å². The maximum atomic E-state index is 9.74. The van der Waals surface area contributed by atoms with Crippen molar-refractivity contribution >= 4 is 0 Å².